The lowest BCUT2D eigenvalue weighted by molar-refractivity contribution is 0.191. The van der Waals surface area contributed by atoms with Crippen molar-refractivity contribution in [3.05, 3.63) is 65.2 Å². The maximum atomic E-state index is 10.2. The number of benzene rings is 2. The zero-order valence-electron chi connectivity index (χ0n) is 12.4. The van der Waals surface area contributed by atoms with Crippen molar-refractivity contribution in [2.45, 2.75) is 32.8 Å². The molecule has 0 amide bonds. The second kappa shape index (κ2) is 6.58. The topological polar surface area (TPSA) is 32.3 Å². The van der Waals surface area contributed by atoms with Crippen molar-refractivity contribution in [2.75, 3.05) is 11.9 Å². The molecule has 2 heteroatoms. The van der Waals surface area contributed by atoms with Crippen LogP contribution in [0.3, 0.4) is 0 Å². The summed E-state index contributed by atoms with van der Waals surface area (Å²) >= 11 is 0. The summed E-state index contributed by atoms with van der Waals surface area (Å²) in [7, 11) is 0. The van der Waals surface area contributed by atoms with Gasteiger partial charge >= 0.3 is 0 Å². The molecule has 0 radical (unpaired) electrons. The molecular formula is C18H23NO. The van der Waals surface area contributed by atoms with Gasteiger partial charge in [0.2, 0.25) is 0 Å². The van der Waals surface area contributed by atoms with E-state index in [2.05, 4.69) is 44.3 Å². The van der Waals surface area contributed by atoms with Gasteiger partial charge in [0.15, 0.2) is 0 Å². The molecule has 0 aliphatic carbocycles. The number of aliphatic hydroxyl groups excluding tert-OH is 1. The van der Waals surface area contributed by atoms with Gasteiger partial charge < -0.3 is 10.4 Å². The average molecular weight is 269 g/mol. The van der Waals surface area contributed by atoms with E-state index in [0.29, 0.717) is 12.5 Å². The molecule has 0 bridgehead atoms. The third kappa shape index (κ3) is 3.40. The Balaban J connectivity index is 2.11. The Morgan fingerprint density at radius 3 is 2.35 bits per heavy atom. The van der Waals surface area contributed by atoms with Gasteiger partial charge in [-0.3, -0.25) is 0 Å². The third-order valence-electron chi connectivity index (χ3n) is 3.58. The van der Waals surface area contributed by atoms with E-state index < -0.39 is 6.10 Å². The minimum atomic E-state index is -0.490. The molecule has 20 heavy (non-hydrogen) atoms. The van der Waals surface area contributed by atoms with Gasteiger partial charge in [-0.1, -0.05) is 62.4 Å². The van der Waals surface area contributed by atoms with E-state index in [0.717, 1.165) is 11.3 Å². The van der Waals surface area contributed by atoms with E-state index in [-0.39, 0.29) is 0 Å². The molecule has 2 aromatic rings. The minimum Gasteiger partial charge on any atom is -0.387 e. The van der Waals surface area contributed by atoms with Crippen molar-refractivity contribution in [2.24, 2.45) is 0 Å². The van der Waals surface area contributed by atoms with Crippen molar-refractivity contribution in [1.29, 1.82) is 0 Å². The van der Waals surface area contributed by atoms with Crippen LogP contribution in [0.15, 0.2) is 48.5 Å². The highest BCUT2D eigenvalue weighted by Crippen LogP contribution is 2.28. The standard InChI is InChI=1S/C18H23NO/c1-13(2)16-11-7-8-14(3)18(16)19-12-17(20)15-9-5-4-6-10-15/h4-11,13,17,19-20H,12H2,1-3H3. The quantitative estimate of drug-likeness (QED) is 0.850. The molecule has 2 rings (SSSR count). The first-order valence-electron chi connectivity index (χ1n) is 7.16. The summed E-state index contributed by atoms with van der Waals surface area (Å²) in [4.78, 5) is 0. The number of aryl methyl sites for hydroxylation is 1. The summed E-state index contributed by atoms with van der Waals surface area (Å²) in [5, 5.41) is 13.7. The molecule has 0 aromatic heterocycles. The lowest BCUT2D eigenvalue weighted by Gasteiger charge is -2.19. The summed E-state index contributed by atoms with van der Waals surface area (Å²) in [6.07, 6.45) is -0.490. The first-order chi connectivity index (χ1) is 9.59. The van der Waals surface area contributed by atoms with Crippen LogP contribution in [0.2, 0.25) is 0 Å². The highest BCUT2D eigenvalue weighted by Gasteiger charge is 2.11. The van der Waals surface area contributed by atoms with Gasteiger partial charge in [-0.15, -0.1) is 0 Å². The van der Waals surface area contributed by atoms with Crippen molar-refractivity contribution >= 4 is 5.69 Å². The molecular weight excluding hydrogens is 246 g/mol. The van der Waals surface area contributed by atoms with E-state index in [4.69, 9.17) is 0 Å². The molecule has 1 unspecified atom stereocenters. The average Bonchev–Trinajstić information content (AvgIpc) is 2.46. The first kappa shape index (κ1) is 14.6. The molecule has 1 atom stereocenters. The molecule has 106 valence electrons. The van der Waals surface area contributed by atoms with E-state index in [9.17, 15) is 5.11 Å². The predicted octanol–water partition coefficient (Wildman–Crippen LogP) is 4.26. The molecule has 0 fully saturated rings. The van der Waals surface area contributed by atoms with Crippen molar-refractivity contribution in [3.63, 3.8) is 0 Å². The van der Waals surface area contributed by atoms with Gasteiger partial charge in [-0.25, -0.2) is 0 Å². The van der Waals surface area contributed by atoms with Gasteiger partial charge in [0.25, 0.3) is 0 Å². The summed E-state index contributed by atoms with van der Waals surface area (Å²) in [6.45, 7) is 7.00. The molecule has 0 spiro atoms. The number of para-hydroxylation sites is 1. The highest BCUT2D eigenvalue weighted by molar-refractivity contribution is 5.58. The predicted molar refractivity (Wildman–Crippen MR) is 85.2 cm³/mol. The second-order valence-corrected chi connectivity index (χ2v) is 5.50. The molecule has 0 saturated carbocycles. The Bertz CT molecular complexity index is 549. The largest absolute Gasteiger partial charge is 0.387 e. The Hall–Kier alpha value is -1.80. The van der Waals surface area contributed by atoms with Gasteiger partial charge in [-0.05, 0) is 29.5 Å². The van der Waals surface area contributed by atoms with Crippen molar-refractivity contribution in [1.82, 2.24) is 0 Å². The summed E-state index contributed by atoms with van der Waals surface area (Å²) in [5.74, 6) is 0.464. The minimum absolute atomic E-state index is 0.464. The van der Waals surface area contributed by atoms with Crippen molar-refractivity contribution < 1.29 is 5.11 Å². The number of aliphatic hydroxyl groups is 1. The van der Waals surface area contributed by atoms with E-state index in [1.165, 1.54) is 11.1 Å². The van der Waals surface area contributed by atoms with Gasteiger partial charge in [0, 0.05) is 12.2 Å². The van der Waals surface area contributed by atoms with Crippen LogP contribution in [0.25, 0.3) is 0 Å². The lowest BCUT2D eigenvalue weighted by Crippen LogP contribution is -2.14. The monoisotopic (exact) mass is 269 g/mol. The molecule has 2 aromatic carbocycles. The number of nitrogens with one attached hydrogen (secondary N) is 1. The molecule has 2 N–H and O–H groups in total. The van der Waals surface area contributed by atoms with Gasteiger partial charge in [-0.2, -0.15) is 0 Å². The maximum Gasteiger partial charge on any atom is 0.0962 e. The maximum absolute atomic E-state index is 10.2. The Kier molecular flexibility index (Phi) is 4.80. The number of hydrogen-bond donors (Lipinski definition) is 2. The van der Waals surface area contributed by atoms with E-state index in [1.807, 2.05) is 30.3 Å². The summed E-state index contributed by atoms with van der Waals surface area (Å²) < 4.78 is 0. The van der Waals surface area contributed by atoms with Crippen LogP contribution in [0.4, 0.5) is 5.69 Å². The molecule has 0 aliphatic rings. The normalized spacial score (nSPS) is 12.4. The fraction of sp³-hybridized carbons (Fsp3) is 0.333. The SMILES string of the molecule is Cc1cccc(C(C)C)c1NCC(O)c1ccccc1. The third-order valence-corrected chi connectivity index (χ3v) is 3.58. The lowest BCUT2D eigenvalue weighted by atomic mass is 9.98. The number of anilines is 1. The van der Waals surface area contributed by atoms with Crippen LogP contribution in [0, 0.1) is 6.92 Å². The smallest absolute Gasteiger partial charge is 0.0962 e. The van der Waals surface area contributed by atoms with Gasteiger partial charge in [0.1, 0.15) is 0 Å². The number of rotatable bonds is 5. The Morgan fingerprint density at radius 2 is 1.70 bits per heavy atom. The highest BCUT2D eigenvalue weighted by atomic mass is 16.3. The Morgan fingerprint density at radius 1 is 1.00 bits per heavy atom. The van der Waals surface area contributed by atoms with E-state index in [1.54, 1.807) is 0 Å². The zero-order valence-corrected chi connectivity index (χ0v) is 12.4. The zero-order chi connectivity index (χ0) is 14.5. The first-order valence-corrected chi connectivity index (χ1v) is 7.16. The molecule has 0 heterocycles. The fourth-order valence-electron chi connectivity index (χ4n) is 2.40. The van der Waals surface area contributed by atoms with Crippen LogP contribution >= 0.6 is 0 Å². The molecule has 0 saturated heterocycles. The van der Waals surface area contributed by atoms with Crippen LogP contribution in [-0.4, -0.2) is 11.7 Å². The fourth-order valence-corrected chi connectivity index (χ4v) is 2.40. The van der Waals surface area contributed by atoms with Gasteiger partial charge in [0.05, 0.1) is 6.10 Å². The summed E-state index contributed by atoms with van der Waals surface area (Å²) in [6, 6.07) is 16.1. The van der Waals surface area contributed by atoms with Crippen LogP contribution < -0.4 is 5.32 Å². The van der Waals surface area contributed by atoms with Crippen LogP contribution in [0.5, 0.6) is 0 Å². The van der Waals surface area contributed by atoms with Crippen molar-refractivity contribution in [3.8, 4) is 0 Å². The van der Waals surface area contributed by atoms with Crippen LogP contribution in [0.1, 0.15) is 42.6 Å². The summed E-state index contributed by atoms with van der Waals surface area (Å²) in [5.41, 5.74) is 4.61. The second-order valence-electron chi connectivity index (χ2n) is 5.50. The Labute approximate surface area is 121 Å². The number of hydrogen-bond acceptors (Lipinski definition) is 2. The molecule has 2 nitrogen and oxygen atoms in total. The van der Waals surface area contributed by atoms with Crippen LogP contribution in [-0.2, 0) is 0 Å². The van der Waals surface area contributed by atoms with E-state index >= 15 is 0 Å². The molecule has 0 aliphatic heterocycles.